The number of nitrogens with one attached hydrogen (secondary N) is 5. The van der Waals surface area contributed by atoms with Crippen molar-refractivity contribution in [2.75, 3.05) is 6.54 Å². The third kappa shape index (κ3) is 9.35. The molecule has 2 aromatic carbocycles. The first-order valence-electron chi connectivity index (χ1n) is 17.7. The van der Waals surface area contributed by atoms with Crippen molar-refractivity contribution in [2.45, 2.75) is 96.3 Å². The molecule has 2 saturated heterocycles. The fourth-order valence-electron chi connectivity index (χ4n) is 6.69. The van der Waals surface area contributed by atoms with Crippen LogP contribution in [0.4, 0.5) is 0 Å². The molecule has 14 nitrogen and oxygen atoms in total. The van der Waals surface area contributed by atoms with Gasteiger partial charge in [-0.1, -0.05) is 76.2 Å². The molecule has 14 heteroatoms. The Morgan fingerprint density at radius 1 is 0.827 bits per heavy atom. The Bertz CT molecular complexity index is 1770. The summed E-state index contributed by atoms with van der Waals surface area (Å²) in [6.07, 6.45) is 0.185. The molecule has 5 rings (SSSR count). The molecular formula is C38H48N6O8. The lowest BCUT2D eigenvalue weighted by molar-refractivity contribution is -0.150. The van der Waals surface area contributed by atoms with Crippen LogP contribution in [-0.4, -0.2) is 93.4 Å². The Morgan fingerprint density at radius 2 is 1.48 bits per heavy atom. The molecule has 3 aromatic rings. The number of aromatic nitrogens is 1. The van der Waals surface area contributed by atoms with Crippen molar-refractivity contribution in [1.29, 1.82) is 0 Å². The minimum absolute atomic E-state index is 0.00299. The van der Waals surface area contributed by atoms with Crippen LogP contribution in [0.25, 0.3) is 10.9 Å². The number of fused-ring (bicyclic) bond motifs is 2. The Kier molecular flexibility index (Phi) is 12.3. The number of ether oxygens (including phenoxy) is 1. The number of nitrogens with zero attached hydrogens (tertiary/aromatic N) is 1. The highest BCUT2D eigenvalue weighted by atomic mass is 16.5. The molecular weight excluding hydrogens is 668 g/mol. The summed E-state index contributed by atoms with van der Waals surface area (Å²) in [6, 6.07) is 10.3. The van der Waals surface area contributed by atoms with Crippen LogP contribution in [0.15, 0.2) is 60.8 Å². The van der Waals surface area contributed by atoms with Gasteiger partial charge in [0.05, 0.1) is 12.5 Å². The zero-order chi connectivity index (χ0) is 37.5. The maximum absolute atomic E-state index is 14.3. The third-order valence-corrected chi connectivity index (χ3v) is 9.41. The lowest BCUT2D eigenvalue weighted by Gasteiger charge is -2.30. The smallest absolute Gasteiger partial charge is 0.308 e. The summed E-state index contributed by atoms with van der Waals surface area (Å²) in [5.74, 6) is -4.72. The van der Waals surface area contributed by atoms with Gasteiger partial charge in [0.1, 0.15) is 36.8 Å². The monoisotopic (exact) mass is 716 g/mol. The molecule has 3 heterocycles. The van der Waals surface area contributed by atoms with Crippen molar-refractivity contribution in [3.63, 3.8) is 0 Å². The van der Waals surface area contributed by atoms with Crippen LogP contribution in [0.5, 0.6) is 0 Å². The van der Waals surface area contributed by atoms with Gasteiger partial charge in [-0.25, -0.2) is 0 Å². The Morgan fingerprint density at radius 3 is 2.19 bits per heavy atom. The van der Waals surface area contributed by atoms with E-state index < -0.39 is 84.2 Å². The summed E-state index contributed by atoms with van der Waals surface area (Å²) in [4.78, 5) is 87.5. The number of benzene rings is 2. The van der Waals surface area contributed by atoms with Crippen molar-refractivity contribution in [3.05, 3.63) is 71.9 Å². The van der Waals surface area contributed by atoms with E-state index in [0.29, 0.717) is 11.1 Å². The molecule has 0 bridgehead atoms. The summed E-state index contributed by atoms with van der Waals surface area (Å²) in [5, 5.41) is 22.5. The van der Waals surface area contributed by atoms with Gasteiger partial charge in [-0.15, -0.1) is 0 Å². The minimum Gasteiger partial charge on any atom is -0.461 e. The molecule has 0 radical (unpaired) electrons. The molecule has 278 valence electrons. The van der Waals surface area contributed by atoms with Crippen molar-refractivity contribution >= 4 is 46.4 Å². The van der Waals surface area contributed by atoms with Gasteiger partial charge in [0.15, 0.2) is 0 Å². The standard InChI is InChI=1S/C38H48N6O8/c1-21(2)14-28-34(47)40-29(15-24-18-39-27-13-9-8-12-26(24)27)35(48)42-30(17-32(46)52-20-23-10-6-5-7-11-23)38(51)44-19-25(45)16-31(44)36(49)43-33(22(3)4)37(50)41-28/h5-13,18,21-22,25,28-31,33,39,45H,14-17,19-20H2,1-4H3,(H,40,47)(H,41,50)(H,42,48)(H,43,49)/t25-,28+,29-,30-,31+,33-/m1/s1. The van der Waals surface area contributed by atoms with E-state index >= 15 is 0 Å². The highest BCUT2D eigenvalue weighted by Gasteiger charge is 2.44. The highest BCUT2D eigenvalue weighted by molar-refractivity contribution is 5.99. The van der Waals surface area contributed by atoms with Gasteiger partial charge in [-0.05, 0) is 35.4 Å². The van der Waals surface area contributed by atoms with Crippen LogP contribution in [0.1, 0.15) is 58.1 Å². The Labute approximate surface area is 302 Å². The predicted molar refractivity (Wildman–Crippen MR) is 191 cm³/mol. The first kappa shape index (κ1) is 38.0. The van der Waals surface area contributed by atoms with E-state index in [4.69, 9.17) is 4.74 Å². The number of esters is 1. The average molecular weight is 717 g/mol. The molecule has 0 saturated carbocycles. The summed E-state index contributed by atoms with van der Waals surface area (Å²) in [5.41, 5.74) is 2.24. The van der Waals surface area contributed by atoms with Crippen LogP contribution in [0, 0.1) is 11.8 Å². The molecule has 6 atom stereocenters. The first-order valence-corrected chi connectivity index (χ1v) is 17.7. The molecule has 52 heavy (non-hydrogen) atoms. The Balaban J connectivity index is 1.53. The number of aliphatic hydroxyl groups is 1. The normalized spacial score (nSPS) is 24.8. The fourth-order valence-corrected chi connectivity index (χ4v) is 6.69. The van der Waals surface area contributed by atoms with E-state index in [9.17, 15) is 33.9 Å². The average Bonchev–Trinajstić information content (AvgIpc) is 3.71. The number of hydrogen-bond donors (Lipinski definition) is 6. The number of H-pyrrole nitrogens is 1. The van der Waals surface area contributed by atoms with Crippen molar-refractivity contribution in [3.8, 4) is 0 Å². The van der Waals surface area contributed by atoms with Crippen molar-refractivity contribution in [2.24, 2.45) is 11.8 Å². The molecule has 0 unspecified atom stereocenters. The van der Waals surface area contributed by atoms with Crippen LogP contribution in [0.3, 0.4) is 0 Å². The summed E-state index contributed by atoms with van der Waals surface area (Å²) < 4.78 is 5.47. The maximum Gasteiger partial charge on any atom is 0.308 e. The van der Waals surface area contributed by atoms with E-state index in [-0.39, 0.29) is 38.3 Å². The van der Waals surface area contributed by atoms with Gasteiger partial charge in [0.2, 0.25) is 29.5 Å². The van der Waals surface area contributed by atoms with Crippen LogP contribution >= 0.6 is 0 Å². The van der Waals surface area contributed by atoms with Gasteiger partial charge in [-0.3, -0.25) is 28.8 Å². The van der Waals surface area contributed by atoms with Gasteiger partial charge >= 0.3 is 5.97 Å². The molecule has 1 aromatic heterocycles. The van der Waals surface area contributed by atoms with E-state index in [0.717, 1.165) is 15.8 Å². The summed E-state index contributed by atoms with van der Waals surface area (Å²) >= 11 is 0. The second kappa shape index (κ2) is 16.9. The number of para-hydroxylation sites is 1. The largest absolute Gasteiger partial charge is 0.461 e. The fraction of sp³-hybridized carbons (Fsp3) is 0.474. The van der Waals surface area contributed by atoms with E-state index in [1.54, 1.807) is 44.3 Å². The van der Waals surface area contributed by atoms with Crippen LogP contribution in [-0.2, 0) is 46.5 Å². The predicted octanol–water partition coefficient (Wildman–Crippen LogP) is 1.46. The topological polar surface area (TPSA) is 199 Å². The quantitative estimate of drug-likeness (QED) is 0.179. The lowest BCUT2D eigenvalue weighted by atomic mass is 9.98. The zero-order valence-corrected chi connectivity index (χ0v) is 29.9. The molecule has 2 aliphatic rings. The number of carbonyl (C=O) groups excluding carboxylic acids is 6. The van der Waals surface area contributed by atoms with Crippen molar-refractivity contribution in [1.82, 2.24) is 31.2 Å². The number of hydrogen-bond acceptors (Lipinski definition) is 8. The second-order valence-electron chi connectivity index (χ2n) is 14.4. The summed E-state index contributed by atoms with van der Waals surface area (Å²) in [7, 11) is 0. The number of rotatable bonds is 9. The van der Waals surface area contributed by atoms with E-state index in [1.807, 2.05) is 44.2 Å². The number of carbonyl (C=O) groups is 6. The molecule has 0 spiro atoms. The molecule has 5 amide bonds. The van der Waals surface area contributed by atoms with Crippen molar-refractivity contribution < 1.29 is 38.6 Å². The first-order chi connectivity index (χ1) is 24.8. The molecule has 2 aliphatic heterocycles. The number of aromatic amines is 1. The van der Waals surface area contributed by atoms with Gasteiger partial charge in [-0.2, -0.15) is 0 Å². The highest BCUT2D eigenvalue weighted by Crippen LogP contribution is 2.23. The van der Waals surface area contributed by atoms with Gasteiger partial charge in [0.25, 0.3) is 0 Å². The van der Waals surface area contributed by atoms with Crippen LogP contribution in [0.2, 0.25) is 0 Å². The van der Waals surface area contributed by atoms with Crippen LogP contribution < -0.4 is 21.3 Å². The second-order valence-corrected chi connectivity index (χ2v) is 14.4. The maximum atomic E-state index is 14.3. The lowest BCUT2D eigenvalue weighted by Crippen LogP contribution is -2.59. The summed E-state index contributed by atoms with van der Waals surface area (Å²) in [6.45, 7) is 6.93. The zero-order valence-electron chi connectivity index (χ0n) is 29.9. The molecule has 6 N–H and O–H groups in total. The molecule has 0 aliphatic carbocycles. The number of amides is 5. The van der Waals surface area contributed by atoms with Gasteiger partial charge in [0, 0.05) is 36.5 Å². The minimum atomic E-state index is -1.52. The Hall–Kier alpha value is -5.24. The van der Waals surface area contributed by atoms with Gasteiger partial charge < -0.3 is 41.0 Å². The number of aliphatic hydroxyl groups excluding tert-OH is 1. The van der Waals surface area contributed by atoms with E-state index in [1.165, 1.54) is 0 Å². The third-order valence-electron chi connectivity index (χ3n) is 9.41. The molecule has 2 fully saturated rings. The SMILES string of the molecule is CC(C)C[C@@H]1NC(=O)[C@@H](C(C)C)NC(=O)[C@@H]2C[C@@H](O)CN2C(=O)[C@@H](CC(=O)OCc2ccccc2)NC(=O)[C@@H](Cc2c[nH]c3ccccc23)NC1=O. The van der Waals surface area contributed by atoms with E-state index in [2.05, 4.69) is 26.3 Å².